The first-order valence-corrected chi connectivity index (χ1v) is 8.27. The predicted octanol–water partition coefficient (Wildman–Crippen LogP) is 1.25. The van der Waals surface area contributed by atoms with Crippen LogP contribution < -0.4 is 0 Å². The largest absolute Gasteiger partial charge is 0.336 e. The van der Waals surface area contributed by atoms with Crippen molar-refractivity contribution in [3.05, 3.63) is 47.0 Å². The topological polar surface area (TPSA) is 65.1 Å². The van der Waals surface area contributed by atoms with Crippen molar-refractivity contribution in [1.82, 2.24) is 25.0 Å². The fraction of sp³-hybridized carbons (Fsp3) is 0.471. The van der Waals surface area contributed by atoms with Gasteiger partial charge in [-0.2, -0.15) is 5.10 Å². The van der Waals surface area contributed by atoms with E-state index >= 15 is 0 Å². The number of aromatic nitrogens is 3. The van der Waals surface area contributed by atoms with Gasteiger partial charge in [0.1, 0.15) is 12.2 Å². The molecule has 0 saturated carbocycles. The predicted molar refractivity (Wildman–Crippen MR) is 86.0 cm³/mol. The molecule has 0 unspecified atom stereocenters. The minimum Gasteiger partial charge on any atom is -0.336 e. The first kappa shape index (κ1) is 14.4. The van der Waals surface area contributed by atoms with Gasteiger partial charge in [-0.05, 0) is 42.5 Å². The summed E-state index contributed by atoms with van der Waals surface area (Å²) < 4.78 is 0. The second kappa shape index (κ2) is 6.12. The van der Waals surface area contributed by atoms with Crippen molar-refractivity contribution in [1.29, 1.82) is 0 Å². The van der Waals surface area contributed by atoms with E-state index in [9.17, 15) is 4.79 Å². The zero-order valence-corrected chi connectivity index (χ0v) is 13.2. The number of amides is 1. The highest BCUT2D eigenvalue weighted by atomic mass is 16.2. The van der Waals surface area contributed by atoms with Gasteiger partial charge in [-0.25, -0.2) is 4.98 Å². The van der Waals surface area contributed by atoms with Gasteiger partial charge >= 0.3 is 0 Å². The summed E-state index contributed by atoms with van der Waals surface area (Å²) in [6, 6.07) is 6.23. The molecule has 1 aliphatic carbocycles. The molecule has 2 heterocycles. The van der Waals surface area contributed by atoms with Crippen molar-refractivity contribution < 1.29 is 4.79 Å². The minimum absolute atomic E-state index is 0.166. The molecule has 1 N–H and O–H groups in total. The number of carbonyl (C=O) groups excluding carboxylic acids is 1. The van der Waals surface area contributed by atoms with Gasteiger partial charge in [-0.3, -0.25) is 14.8 Å². The van der Waals surface area contributed by atoms with Crippen LogP contribution in [0.2, 0.25) is 0 Å². The summed E-state index contributed by atoms with van der Waals surface area (Å²) >= 11 is 0. The highest BCUT2D eigenvalue weighted by Gasteiger charge is 2.23. The maximum absolute atomic E-state index is 12.7. The van der Waals surface area contributed by atoms with E-state index in [-0.39, 0.29) is 5.91 Å². The lowest BCUT2D eigenvalue weighted by Crippen LogP contribution is -2.48. The lowest BCUT2D eigenvalue weighted by molar-refractivity contribution is 0.0625. The first-order chi connectivity index (χ1) is 11.3. The summed E-state index contributed by atoms with van der Waals surface area (Å²) in [4.78, 5) is 21.1. The van der Waals surface area contributed by atoms with Crippen molar-refractivity contribution >= 4 is 5.91 Å². The summed E-state index contributed by atoms with van der Waals surface area (Å²) in [5.74, 6) is 1.04. The van der Waals surface area contributed by atoms with Gasteiger partial charge in [0.25, 0.3) is 5.91 Å². The lowest BCUT2D eigenvalue weighted by Gasteiger charge is -2.34. The Bertz CT molecular complexity index is 689. The molecule has 0 radical (unpaired) electrons. The van der Waals surface area contributed by atoms with Crippen LogP contribution in [0, 0.1) is 0 Å². The number of nitrogens with one attached hydrogen (secondary N) is 1. The fourth-order valence-electron chi connectivity index (χ4n) is 3.52. The van der Waals surface area contributed by atoms with Crippen LogP contribution in [0.1, 0.15) is 33.7 Å². The van der Waals surface area contributed by atoms with Gasteiger partial charge in [0.15, 0.2) is 0 Å². The van der Waals surface area contributed by atoms with Gasteiger partial charge in [0, 0.05) is 31.7 Å². The summed E-state index contributed by atoms with van der Waals surface area (Å²) in [7, 11) is 0. The number of aromatic amines is 1. The summed E-state index contributed by atoms with van der Waals surface area (Å²) in [6.45, 7) is 4.05. The standard InChI is InChI=1S/C17H21N5O/c23-17(15-5-4-13-2-1-3-14(13)10-15)22-8-6-21(7-9-22)11-16-18-12-19-20-16/h4-5,10,12H,1-3,6-9,11H2,(H,18,19,20). The van der Waals surface area contributed by atoms with Gasteiger partial charge in [0.05, 0.1) is 6.54 Å². The SMILES string of the molecule is O=C(c1ccc2c(c1)CCC2)N1CCN(Cc2ncn[nH]2)CC1. The number of nitrogens with zero attached hydrogens (tertiary/aromatic N) is 4. The number of benzene rings is 1. The van der Waals surface area contributed by atoms with Crippen LogP contribution >= 0.6 is 0 Å². The van der Waals surface area contributed by atoms with E-state index in [1.54, 1.807) is 0 Å². The van der Waals surface area contributed by atoms with E-state index in [1.807, 2.05) is 11.0 Å². The second-order valence-corrected chi connectivity index (χ2v) is 6.34. The van der Waals surface area contributed by atoms with Crippen LogP contribution in [0.15, 0.2) is 24.5 Å². The van der Waals surface area contributed by atoms with E-state index in [0.717, 1.165) is 57.0 Å². The molecule has 1 aromatic carbocycles. The van der Waals surface area contributed by atoms with Crippen LogP contribution in [-0.2, 0) is 19.4 Å². The minimum atomic E-state index is 0.166. The van der Waals surface area contributed by atoms with Crippen LogP contribution in [0.4, 0.5) is 0 Å². The van der Waals surface area contributed by atoms with Crippen LogP contribution in [-0.4, -0.2) is 57.1 Å². The molecule has 2 aromatic rings. The highest BCUT2D eigenvalue weighted by Crippen LogP contribution is 2.23. The van der Waals surface area contributed by atoms with E-state index < -0.39 is 0 Å². The number of rotatable bonds is 3. The van der Waals surface area contributed by atoms with Crippen LogP contribution in [0.3, 0.4) is 0 Å². The second-order valence-electron chi connectivity index (χ2n) is 6.34. The molecule has 1 aliphatic heterocycles. The van der Waals surface area contributed by atoms with Gasteiger partial charge in [-0.1, -0.05) is 6.07 Å². The summed E-state index contributed by atoms with van der Waals surface area (Å²) in [5, 5.41) is 6.76. The number of carbonyl (C=O) groups is 1. The monoisotopic (exact) mass is 311 g/mol. The Hall–Kier alpha value is -2.21. The number of hydrogen-bond acceptors (Lipinski definition) is 4. The zero-order chi connectivity index (χ0) is 15.6. The zero-order valence-electron chi connectivity index (χ0n) is 13.2. The molecule has 6 heteroatoms. The molecular formula is C17H21N5O. The Balaban J connectivity index is 1.37. The number of piperazine rings is 1. The maximum atomic E-state index is 12.7. The number of aryl methyl sites for hydroxylation is 2. The molecule has 2 aliphatic rings. The summed E-state index contributed by atoms with van der Waals surface area (Å²) in [5.41, 5.74) is 3.62. The van der Waals surface area contributed by atoms with E-state index in [2.05, 4.69) is 32.2 Å². The van der Waals surface area contributed by atoms with E-state index in [0.29, 0.717) is 0 Å². The molecule has 6 nitrogen and oxygen atoms in total. The molecule has 23 heavy (non-hydrogen) atoms. The number of fused-ring (bicyclic) bond motifs is 1. The average Bonchev–Trinajstić information content (AvgIpc) is 3.25. The van der Waals surface area contributed by atoms with E-state index in [4.69, 9.17) is 0 Å². The Labute approximate surface area is 135 Å². The molecular weight excluding hydrogens is 290 g/mol. The lowest BCUT2D eigenvalue weighted by atomic mass is 10.1. The van der Waals surface area contributed by atoms with Crippen molar-refractivity contribution in [3.63, 3.8) is 0 Å². The fourth-order valence-corrected chi connectivity index (χ4v) is 3.52. The maximum Gasteiger partial charge on any atom is 0.253 e. The molecule has 1 aromatic heterocycles. The van der Waals surface area contributed by atoms with Crippen molar-refractivity contribution in [2.75, 3.05) is 26.2 Å². The van der Waals surface area contributed by atoms with Gasteiger partial charge in [-0.15, -0.1) is 0 Å². The molecule has 1 fully saturated rings. The van der Waals surface area contributed by atoms with Crippen molar-refractivity contribution in [3.8, 4) is 0 Å². The Morgan fingerprint density at radius 1 is 1.13 bits per heavy atom. The van der Waals surface area contributed by atoms with Crippen molar-refractivity contribution in [2.24, 2.45) is 0 Å². The summed E-state index contributed by atoms with van der Waals surface area (Å²) in [6.07, 6.45) is 5.02. The first-order valence-electron chi connectivity index (χ1n) is 8.27. The molecule has 4 rings (SSSR count). The van der Waals surface area contributed by atoms with E-state index in [1.165, 1.54) is 23.9 Å². The molecule has 0 atom stereocenters. The molecule has 120 valence electrons. The third kappa shape index (κ3) is 2.99. The molecule has 1 saturated heterocycles. The Kier molecular flexibility index (Phi) is 3.83. The van der Waals surface area contributed by atoms with Gasteiger partial charge < -0.3 is 4.90 Å². The molecule has 0 bridgehead atoms. The quantitative estimate of drug-likeness (QED) is 0.926. The Morgan fingerprint density at radius 2 is 1.96 bits per heavy atom. The number of hydrogen-bond donors (Lipinski definition) is 1. The van der Waals surface area contributed by atoms with Crippen molar-refractivity contribution in [2.45, 2.75) is 25.8 Å². The molecule has 1 amide bonds. The third-order valence-electron chi connectivity index (χ3n) is 4.84. The van der Waals surface area contributed by atoms with Gasteiger partial charge in [0.2, 0.25) is 0 Å². The normalized spacial score (nSPS) is 18.2. The van der Waals surface area contributed by atoms with Crippen LogP contribution in [0.25, 0.3) is 0 Å². The highest BCUT2D eigenvalue weighted by molar-refractivity contribution is 5.94. The smallest absolute Gasteiger partial charge is 0.253 e. The van der Waals surface area contributed by atoms with Crippen LogP contribution in [0.5, 0.6) is 0 Å². The Morgan fingerprint density at radius 3 is 2.74 bits per heavy atom. The average molecular weight is 311 g/mol. The molecule has 0 spiro atoms. The third-order valence-corrected chi connectivity index (χ3v) is 4.84. The number of H-pyrrole nitrogens is 1.